The Morgan fingerprint density at radius 3 is 1.96 bits per heavy atom. The maximum atomic E-state index is 14.2. The van der Waals surface area contributed by atoms with Gasteiger partial charge in [0, 0.05) is 12.1 Å². The second-order valence-corrected chi connectivity index (χ2v) is 12.3. The van der Waals surface area contributed by atoms with Gasteiger partial charge in [0.1, 0.15) is 17.9 Å². The number of nitrogens with two attached hydrogens (primary N) is 4. The second-order valence-electron chi connectivity index (χ2n) is 12.3. The molecule has 12 N–H and O–H groups in total. The van der Waals surface area contributed by atoms with Crippen LogP contribution in [0.1, 0.15) is 41.0 Å². The molecule has 0 aliphatic rings. The maximum Gasteiger partial charge on any atom is 0.490 e. The number of carbonyl (C=O) groups excluding carboxylic acids is 3. The van der Waals surface area contributed by atoms with Gasteiger partial charge in [0.15, 0.2) is 5.96 Å². The fourth-order valence-corrected chi connectivity index (χ4v) is 5.23. The number of amides is 3. The van der Waals surface area contributed by atoms with Crippen molar-refractivity contribution < 1.29 is 42.2 Å². The SMILES string of the molecule is N=C(N)c1ccc(C[C@H](C(=O)N[C@@H](COCc2ccccc2)C(=O)NC(CCCN=C(N)N)C(N)=O)c2ccc3ccccc3c2)cc1.O=C(O)C(F)(F)F. The quantitative estimate of drug-likeness (QED) is 0.0446. The summed E-state index contributed by atoms with van der Waals surface area (Å²) in [5.74, 6) is -5.35. The highest BCUT2D eigenvalue weighted by Crippen LogP contribution is 2.26. The van der Waals surface area contributed by atoms with Crippen LogP contribution >= 0.6 is 0 Å². The molecule has 14 nitrogen and oxygen atoms in total. The van der Waals surface area contributed by atoms with Crippen LogP contribution in [0.4, 0.5) is 13.2 Å². The van der Waals surface area contributed by atoms with Crippen molar-refractivity contribution in [1.82, 2.24) is 10.6 Å². The molecule has 0 aromatic heterocycles. The zero-order valence-corrected chi connectivity index (χ0v) is 29.6. The van der Waals surface area contributed by atoms with Gasteiger partial charge in [0.25, 0.3) is 0 Å². The van der Waals surface area contributed by atoms with Crippen LogP contribution in [0.15, 0.2) is 102 Å². The number of alkyl halides is 3. The average Bonchev–Trinajstić information content (AvgIpc) is 3.14. The number of carboxylic acid groups (broad SMARTS) is 1. The van der Waals surface area contributed by atoms with E-state index in [9.17, 15) is 27.6 Å². The molecule has 55 heavy (non-hydrogen) atoms. The van der Waals surface area contributed by atoms with Crippen molar-refractivity contribution in [1.29, 1.82) is 5.41 Å². The lowest BCUT2D eigenvalue weighted by molar-refractivity contribution is -0.192. The van der Waals surface area contributed by atoms with Crippen molar-refractivity contribution in [2.75, 3.05) is 13.2 Å². The van der Waals surface area contributed by atoms with Crippen molar-refractivity contribution in [2.24, 2.45) is 27.9 Å². The van der Waals surface area contributed by atoms with Crippen LogP contribution in [0.3, 0.4) is 0 Å². The first-order valence-corrected chi connectivity index (χ1v) is 16.8. The molecule has 4 aromatic carbocycles. The predicted molar refractivity (Wildman–Crippen MR) is 201 cm³/mol. The zero-order chi connectivity index (χ0) is 40.5. The minimum Gasteiger partial charge on any atom is -0.475 e. The molecule has 1 unspecified atom stereocenters. The van der Waals surface area contributed by atoms with Crippen LogP contribution in [-0.2, 0) is 36.9 Å². The zero-order valence-electron chi connectivity index (χ0n) is 29.6. The molecular formula is C38H43F3N8O6. The molecule has 0 saturated heterocycles. The van der Waals surface area contributed by atoms with E-state index in [2.05, 4.69) is 15.6 Å². The summed E-state index contributed by atoms with van der Waals surface area (Å²) in [7, 11) is 0. The highest BCUT2D eigenvalue weighted by molar-refractivity contribution is 5.95. The highest BCUT2D eigenvalue weighted by atomic mass is 19.4. The average molecular weight is 765 g/mol. The van der Waals surface area contributed by atoms with Gasteiger partial charge in [-0.3, -0.25) is 24.8 Å². The Labute approximate surface area is 314 Å². The summed E-state index contributed by atoms with van der Waals surface area (Å²) >= 11 is 0. The number of aliphatic carboxylic acids is 1. The van der Waals surface area contributed by atoms with Gasteiger partial charge in [-0.15, -0.1) is 0 Å². The third kappa shape index (κ3) is 14.5. The number of aliphatic imine (C=N–C) groups is 1. The lowest BCUT2D eigenvalue weighted by Gasteiger charge is -2.25. The number of nitrogens with one attached hydrogen (secondary N) is 3. The number of rotatable bonds is 17. The number of halogens is 3. The summed E-state index contributed by atoms with van der Waals surface area (Å²) in [6.45, 7) is 0.293. The molecule has 4 rings (SSSR count). The van der Waals surface area contributed by atoms with E-state index in [1.165, 1.54) is 0 Å². The molecule has 0 saturated carbocycles. The number of fused-ring (bicyclic) bond motifs is 1. The molecule has 0 radical (unpaired) electrons. The van der Waals surface area contributed by atoms with E-state index in [-0.39, 0.29) is 38.0 Å². The molecule has 0 spiro atoms. The lowest BCUT2D eigenvalue weighted by atomic mass is 9.89. The first-order valence-electron chi connectivity index (χ1n) is 16.8. The topological polar surface area (TPSA) is 262 Å². The minimum atomic E-state index is -5.08. The number of amidine groups is 1. The monoisotopic (exact) mass is 764 g/mol. The van der Waals surface area contributed by atoms with E-state index in [0.29, 0.717) is 18.4 Å². The number of guanidine groups is 1. The van der Waals surface area contributed by atoms with Gasteiger partial charge in [0.05, 0.1) is 19.1 Å². The van der Waals surface area contributed by atoms with E-state index >= 15 is 0 Å². The minimum absolute atomic E-state index is 0.0553. The molecular weight excluding hydrogens is 721 g/mol. The fraction of sp³-hybridized carbons (Fsp3) is 0.263. The Bertz CT molecular complexity index is 1960. The Balaban J connectivity index is 0.00000106. The Hall–Kier alpha value is -6.49. The van der Waals surface area contributed by atoms with E-state index < -0.39 is 47.9 Å². The summed E-state index contributed by atoms with van der Waals surface area (Å²) in [6, 6.07) is 28.0. The standard InChI is InChI=1S/C36H42N8O4.C2HF3O2/c37-32(38)26-14-12-23(13-15-26)19-29(28-17-16-25-9-4-5-10-27(25)20-28)34(46)44-31(22-48-21-24-7-2-1-3-8-24)35(47)43-30(33(39)45)11-6-18-42-36(40)41;3-2(4,5)1(6)7/h1-5,7-10,12-17,20,29-31H,6,11,18-19,21-22H2,(H3,37,38)(H2,39,45)(H,43,47)(H,44,46)(H4,40,41,42);(H,6,7)/t29-,30?,31-;/m0./s1. The summed E-state index contributed by atoms with van der Waals surface area (Å²) in [4.78, 5) is 52.9. The van der Waals surface area contributed by atoms with Crippen LogP contribution in [0.2, 0.25) is 0 Å². The number of carboxylic acids is 1. The van der Waals surface area contributed by atoms with Gasteiger partial charge in [-0.25, -0.2) is 4.79 Å². The van der Waals surface area contributed by atoms with E-state index in [0.717, 1.165) is 27.5 Å². The predicted octanol–water partition coefficient (Wildman–Crippen LogP) is 2.81. The number of benzene rings is 4. The van der Waals surface area contributed by atoms with Crippen molar-refractivity contribution in [3.05, 3.63) is 119 Å². The van der Waals surface area contributed by atoms with Gasteiger partial charge < -0.3 is 43.4 Å². The molecule has 0 aliphatic carbocycles. The third-order valence-electron chi connectivity index (χ3n) is 8.07. The van der Waals surface area contributed by atoms with Gasteiger partial charge in [-0.1, -0.05) is 97.1 Å². The Morgan fingerprint density at radius 2 is 1.38 bits per heavy atom. The third-order valence-corrected chi connectivity index (χ3v) is 8.07. The number of primary amides is 1. The molecule has 0 bridgehead atoms. The van der Waals surface area contributed by atoms with Crippen LogP contribution in [-0.4, -0.2) is 72.0 Å². The molecule has 292 valence electrons. The number of nitrogen functional groups attached to an aromatic ring is 1. The van der Waals surface area contributed by atoms with Gasteiger partial charge in [-0.05, 0) is 46.7 Å². The summed E-state index contributed by atoms with van der Waals surface area (Å²) < 4.78 is 37.6. The normalized spacial score (nSPS) is 12.6. The summed E-state index contributed by atoms with van der Waals surface area (Å²) in [6.07, 6.45) is -4.20. The molecule has 4 aromatic rings. The summed E-state index contributed by atoms with van der Waals surface area (Å²) in [5.41, 5.74) is 25.1. The highest BCUT2D eigenvalue weighted by Gasteiger charge is 2.38. The van der Waals surface area contributed by atoms with Crippen molar-refractivity contribution in [3.8, 4) is 0 Å². The van der Waals surface area contributed by atoms with E-state index in [1.54, 1.807) is 12.1 Å². The Kier molecular flexibility index (Phi) is 16.1. The second kappa shape index (κ2) is 20.7. The summed E-state index contributed by atoms with van der Waals surface area (Å²) in [5, 5.41) is 22.4. The largest absolute Gasteiger partial charge is 0.490 e. The lowest BCUT2D eigenvalue weighted by Crippen LogP contribution is -2.55. The van der Waals surface area contributed by atoms with Gasteiger partial charge >= 0.3 is 12.1 Å². The Morgan fingerprint density at radius 1 is 0.782 bits per heavy atom. The molecule has 0 aliphatic heterocycles. The number of nitrogens with zero attached hydrogens (tertiary/aromatic N) is 1. The van der Waals surface area contributed by atoms with Crippen LogP contribution in [0.25, 0.3) is 10.8 Å². The van der Waals surface area contributed by atoms with Gasteiger partial charge in [-0.2, -0.15) is 13.2 Å². The van der Waals surface area contributed by atoms with Crippen LogP contribution in [0.5, 0.6) is 0 Å². The van der Waals surface area contributed by atoms with Gasteiger partial charge in [0.2, 0.25) is 17.7 Å². The van der Waals surface area contributed by atoms with Crippen molar-refractivity contribution >= 4 is 46.3 Å². The first kappa shape index (κ1) is 42.9. The first-order chi connectivity index (χ1) is 26.0. The molecule has 17 heteroatoms. The fourth-order valence-electron chi connectivity index (χ4n) is 5.23. The van der Waals surface area contributed by atoms with Crippen LogP contribution in [0, 0.1) is 5.41 Å². The van der Waals surface area contributed by atoms with E-state index in [1.807, 2.05) is 84.9 Å². The van der Waals surface area contributed by atoms with Crippen molar-refractivity contribution in [2.45, 2.75) is 50.0 Å². The molecule has 0 fully saturated rings. The van der Waals surface area contributed by atoms with Crippen molar-refractivity contribution in [3.63, 3.8) is 0 Å². The maximum absolute atomic E-state index is 14.2. The number of hydrogen-bond donors (Lipinski definition) is 8. The van der Waals surface area contributed by atoms with E-state index in [4.69, 9.17) is 43.0 Å². The molecule has 3 atom stereocenters. The molecule has 0 heterocycles. The van der Waals surface area contributed by atoms with Crippen LogP contribution < -0.4 is 33.6 Å². The number of ether oxygens (including phenoxy) is 1. The smallest absolute Gasteiger partial charge is 0.475 e. The number of hydrogen-bond acceptors (Lipinski definition) is 7. The molecule has 3 amide bonds. The number of carbonyl (C=O) groups is 4.